The first-order valence-corrected chi connectivity index (χ1v) is 5.83. The average Bonchev–Trinajstić information content (AvgIpc) is 2.71. The van der Waals surface area contributed by atoms with Gasteiger partial charge in [0.15, 0.2) is 0 Å². The Labute approximate surface area is 99.7 Å². The van der Waals surface area contributed by atoms with Crippen LogP contribution in [0.5, 0.6) is 0 Å². The molecule has 0 spiro atoms. The molecular formula is C13H16N2O2. The molecule has 0 saturated carbocycles. The lowest BCUT2D eigenvalue weighted by Crippen LogP contribution is -2.09. The van der Waals surface area contributed by atoms with Crippen LogP contribution >= 0.6 is 0 Å². The zero-order valence-electron chi connectivity index (χ0n) is 9.81. The molecule has 1 aromatic heterocycles. The van der Waals surface area contributed by atoms with E-state index in [1.165, 1.54) is 0 Å². The van der Waals surface area contributed by atoms with Crippen molar-refractivity contribution in [2.24, 2.45) is 5.92 Å². The number of benzene rings is 1. The molecule has 1 unspecified atom stereocenters. The largest absolute Gasteiger partial charge is 0.481 e. The van der Waals surface area contributed by atoms with E-state index in [4.69, 9.17) is 5.11 Å². The van der Waals surface area contributed by atoms with Crippen molar-refractivity contribution < 1.29 is 9.90 Å². The Hall–Kier alpha value is -1.84. The second-order valence-electron chi connectivity index (χ2n) is 4.33. The number of carboxylic acid groups (broad SMARTS) is 1. The summed E-state index contributed by atoms with van der Waals surface area (Å²) in [5.41, 5.74) is 2.00. The molecule has 0 fully saturated rings. The maximum Gasteiger partial charge on any atom is 0.306 e. The third-order valence-electron chi connectivity index (χ3n) is 2.91. The monoisotopic (exact) mass is 232 g/mol. The van der Waals surface area contributed by atoms with Crippen LogP contribution in [0.3, 0.4) is 0 Å². The zero-order chi connectivity index (χ0) is 12.3. The van der Waals surface area contributed by atoms with Gasteiger partial charge in [-0.1, -0.05) is 19.1 Å². The number of carboxylic acids is 1. The number of aromatic nitrogens is 2. The van der Waals surface area contributed by atoms with Crippen LogP contribution in [0.25, 0.3) is 11.0 Å². The standard InChI is InChI=1S/C13H16N2O2/c1-9(13(16)17)5-4-8-12-14-10-6-2-3-7-11(10)15-12/h2-3,6-7,9H,4-5,8H2,1H3,(H,14,15)(H,16,17). The third-order valence-corrected chi connectivity index (χ3v) is 2.91. The Kier molecular flexibility index (Phi) is 3.42. The zero-order valence-corrected chi connectivity index (χ0v) is 9.81. The normalized spacial score (nSPS) is 12.8. The van der Waals surface area contributed by atoms with E-state index in [1.807, 2.05) is 24.3 Å². The number of fused-ring (bicyclic) bond motifs is 1. The molecule has 17 heavy (non-hydrogen) atoms. The number of aliphatic carboxylic acids is 1. The first-order chi connectivity index (χ1) is 8.16. The molecule has 1 aromatic carbocycles. The van der Waals surface area contributed by atoms with E-state index in [0.717, 1.165) is 29.7 Å². The minimum absolute atomic E-state index is 0.278. The maximum atomic E-state index is 10.7. The van der Waals surface area contributed by atoms with Crippen molar-refractivity contribution >= 4 is 17.0 Å². The lowest BCUT2D eigenvalue weighted by atomic mass is 10.0. The van der Waals surface area contributed by atoms with Crippen LogP contribution in [0.1, 0.15) is 25.6 Å². The van der Waals surface area contributed by atoms with Crippen LogP contribution in [0.2, 0.25) is 0 Å². The topological polar surface area (TPSA) is 66.0 Å². The number of imidazole rings is 1. The van der Waals surface area contributed by atoms with Crippen molar-refractivity contribution in [3.8, 4) is 0 Å². The number of nitrogens with zero attached hydrogens (tertiary/aromatic N) is 1. The summed E-state index contributed by atoms with van der Waals surface area (Å²) < 4.78 is 0. The highest BCUT2D eigenvalue weighted by Crippen LogP contribution is 2.13. The van der Waals surface area contributed by atoms with E-state index >= 15 is 0 Å². The van der Waals surface area contributed by atoms with Crippen LogP contribution in [0.4, 0.5) is 0 Å². The van der Waals surface area contributed by atoms with Gasteiger partial charge in [0.05, 0.1) is 17.0 Å². The summed E-state index contributed by atoms with van der Waals surface area (Å²) >= 11 is 0. The van der Waals surface area contributed by atoms with Crippen LogP contribution in [-0.4, -0.2) is 21.0 Å². The van der Waals surface area contributed by atoms with E-state index in [9.17, 15) is 4.79 Å². The molecule has 1 atom stereocenters. The Morgan fingerprint density at radius 2 is 2.24 bits per heavy atom. The van der Waals surface area contributed by atoms with Gasteiger partial charge in [0.2, 0.25) is 0 Å². The number of aromatic amines is 1. The fourth-order valence-corrected chi connectivity index (χ4v) is 1.82. The molecule has 0 bridgehead atoms. The molecule has 0 aliphatic carbocycles. The van der Waals surface area contributed by atoms with Crippen molar-refractivity contribution in [3.05, 3.63) is 30.1 Å². The second-order valence-corrected chi connectivity index (χ2v) is 4.33. The van der Waals surface area contributed by atoms with Gasteiger partial charge >= 0.3 is 5.97 Å². The highest BCUT2D eigenvalue weighted by Gasteiger charge is 2.10. The number of H-pyrrole nitrogens is 1. The van der Waals surface area contributed by atoms with Gasteiger partial charge in [-0.3, -0.25) is 4.79 Å². The fourth-order valence-electron chi connectivity index (χ4n) is 1.82. The van der Waals surface area contributed by atoms with Crippen molar-refractivity contribution in [2.75, 3.05) is 0 Å². The van der Waals surface area contributed by atoms with E-state index in [2.05, 4.69) is 9.97 Å². The van der Waals surface area contributed by atoms with Crippen LogP contribution in [-0.2, 0) is 11.2 Å². The summed E-state index contributed by atoms with van der Waals surface area (Å²) in [7, 11) is 0. The van der Waals surface area contributed by atoms with Gasteiger partial charge in [-0.15, -0.1) is 0 Å². The van der Waals surface area contributed by atoms with E-state index in [0.29, 0.717) is 6.42 Å². The SMILES string of the molecule is CC(CCCc1nc2ccccc2[nH]1)C(=O)O. The smallest absolute Gasteiger partial charge is 0.306 e. The molecule has 2 rings (SSSR count). The number of nitrogens with one attached hydrogen (secondary N) is 1. The van der Waals surface area contributed by atoms with Crippen LogP contribution in [0, 0.1) is 5.92 Å². The molecule has 2 aromatic rings. The minimum Gasteiger partial charge on any atom is -0.481 e. The Bertz CT molecular complexity index is 486. The van der Waals surface area contributed by atoms with Crippen molar-refractivity contribution in [3.63, 3.8) is 0 Å². The van der Waals surface area contributed by atoms with Crippen LogP contribution in [0.15, 0.2) is 24.3 Å². The summed E-state index contributed by atoms with van der Waals surface area (Å²) in [4.78, 5) is 18.4. The molecule has 0 saturated heterocycles. The van der Waals surface area contributed by atoms with Gasteiger partial charge in [-0.2, -0.15) is 0 Å². The van der Waals surface area contributed by atoms with Gasteiger partial charge in [-0.05, 0) is 25.0 Å². The summed E-state index contributed by atoms with van der Waals surface area (Å²) in [5, 5.41) is 8.77. The van der Waals surface area contributed by atoms with Crippen molar-refractivity contribution in [1.82, 2.24) is 9.97 Å². The van der Waals surface area contributed by atoms with Gasteiger partial charge in [0.1, 0.15) is 5.82 Å². The highest BCUT2D eigenvalue weighted by molar-refractivity contribution is 5.74. The number of para-hydroxylation sites is 2. The van der Waals surface area contributed by atoms with E-state index in [-0.39, 0.29) is 5.92 Å². The molecule has 0 radical (unpaired) electrons. The molecule has 4 heteroatoms. The van der Waals surface area contributed by atoms with E-state index in [1.54, 1.807) is 6.92 Å². The van der Waals surface area contributed by atoms with Gasteiger partial charge in [-0.25, -0.2) is 4.98 Å². The average molecular weight is 232 g/mol. The maximum absolute atomic E-state index is 10.7. The van der Waals surface area contributed by atoms with Gasteiger partial charge in [0, 0.05) is 6.42 Å². The molecule has 0 aliphatic heterocycles. The Morgan fingerprint density at radius 3 is 2.94 bits per heavy atom. The number of hydrogen-bond donors (Lipinski definition) is 2. The molecule has 1 heterocycles. The van der Waals surface area contributed by atoms with Crippen molar-refractivity contribution in [2.45, 2.75) is 26.2 Å². The predicted molar refractivity (Wildman–Crippen MR) is 65.8 cm³/mol. The third kappa shape index (κ3) is 2.84. The summed E-state index contributed by atoms with van der Waals surface area (Å²) in [6.07, 6.45) is 2.33. The quantitative estimate of drug-likeness (QED) is 0.832. The molecule has 2 N–H and O–H groups in total. The molecule has 0 amide bonds. The van der Waals surface area contributed by atoms with Gasteiger partial charge < -0.3 is 10.1 Å². The fraction of sp³-hybridized carbons (Fsp3) is 0.385. The molecule has 4 nitrogen and oxygen atoms in total. The number of rotatable bonds is 5. The first kappa shape index (κ1) is 11.6. The van der Waals surface area contributed by atoms with E-state index < -0.39 is 5.97 Å². The molecule has 0 aliphatic rings. The van der Waals surface area contributed by atoms with Crippen molar-refractivity contribution in [1.29, 1.82) is 0 Å². The summed E-state index contributed by atoms with van der Waals surface area (Å²) in [6, 6.07) is 7.89. The predicted octanol–water partition coefficient (Wildman–Crippen LogP) is 2.61. The second kappa shape index (κ2) is 4.99. The summed E-state index contributed by atoms with van der Waals surface area (Å²) in [5.74, 6) is -0.0715. The Morgan fingerprint density at radius 1 is 1.47 bits per heavy atom. The highest BCUT2D eigenvalue weighted by atomic mass is 16.4. The number of hydrogen-bond acceptors (Lipinski definition) is 2. The molecule has 90 valence electrons. The van der Waals surface area contributed by atoms with Gasteiger partial charge in [0.25, 0.3) is 0 Å². The number of carbonyl (C=O) groups is 1. The molecular weight excluding hydrogens is 216 g/mol. The summed E-state index contributed by atoms with van der Waals surface area (Å²) in [6.45, 7) is 1.74. The lowest BCUT2D eigenvalue weighted by molar-refractivity contribution is -0.141. The number of aryl methyl sites for hydroxylation is 1. The first-order valence-electron chi connectivity index (χ1n) is 5.83. The minimum atomic E-state index is -0.727. The van der Waals surface area contributed by atoms with Crippen LogP contribution < -0.4 is 0 Å². The lowest BCUT2D eigenvalue weighted by Gasteiger charge is -2.03. The Balaban J connectivity index is 1.93.